The van der Waals surface area contributed by atoms with Crippen LogP contribution in [0.15, 0.2) is 48.5 Å². The molecule has 0 aliphatic carbocycles. The molecule has 22 heavy (non-hydrogen) atoms. The van der Waals surface area contributed by atoms with Crippen molar-refractivity contribution in [3.63, 3.8) is 0 Å². The number of hydrogen-bond donors (Lipinski definition) is 2. The number of rotatable bonds is 3. The Kier molecular flexibility index (Phi) is 3.78. The van der Waals surface area contributed by atoms with Gasteiger partial charge in [0.2, 0.25) is 0 Å². The maximum atomic E-state index is 12.1. The Morgan fingerprint density at radius 1 is 1.14 bits per heavy atom. The van der Waals surface area contributed by atoms with Gasteiger partial charge in [-0.15, -0.1) is 0 Å². The minimum absolute atomic E-state index is 0.151. The van der Waals surface area contributed by atoms with E-state index in [1.807, 2.05) is 31.2 Å². The summed E-state index contributed by atoms with van der Waals surface area (Å²) in [5.74, 6) is -0.151. The first-order valence-corrected chi connectivity index (χ1v) is 7.04. The minimum Gasteiger partial charge on any atom is -0.439 e. The standard InChI is InChI=1S/C17H16N2O3/c1-11-2-4-13(5-3-11)16(20)19-14-8-6-12(7-9-14)15-10-18-17(21)22-15/h2-9,15H,10H2,1H3,(H,18,21)(H,19,20). The summed E-state index contributed by atoms with van der Waals surface area (Å²) in [6, 6.07) is 14.7. The molecule has 5 nitrogen and oxygen atoms in total. The number of carbonyl (C=O) groups excluding carboxylic acids is 2. The second kappa shape index (κ2) is 5.89. The number of cyclic esters (lactones) is 1. The lowest BCUT2D eigenvalue weighted by atomic mass is 10.1. The van der Waals surface area contributed by atoms with Gasteiger partial charge in [0.25, 0.3) is 5.91 Å². The van der Waals surface area contributed by atoms with Gasteiger partial charge in [-0.1, -0.05) is 29.8 Å². The lowest BCUT2D eigenvalue weighted by molar-refractivity contribution is 0.102. The number of hydrogen-bond acceptors (Lipinski definition) is 3. The highest BCUT2D eigenvalue weighted by Gasteiger charge is 2.23. The number of carbonyl (C=O) groups is 2. The molecular weight excluding hydrogens is 280 g/mol. The second-order valence-electron chi connectivity index (χ2n) is 5.22. The van der Waals surface area contributed by atoms with Gasteiger partial charge in [0.05, 0.1) is 6.54 Å². The third-order valence-electron chi connectivity index (χ3n) is 3.54. The van der Waals surface area contributed by atoms with Crippen LogP contribution in [0.25, 0.3) is 0 Å². The number of anilines is 1. The van der Waals surface area contributed by atoms with Gasteiger partial charge in [-0.05, 0) is 36.8 Å². The van der Waals surface area contributed by atoms with Crippen molar-refractivity contribution in [2.75, 3.05) is 11.9 Å². The van der Waals surface area contributed by atoms with E-state index in [0.717, 1.165) is 11.1 Å². The second-order valence-corrected chi connectivity index (χ2v) is 5.22. The van der Waals surface area contributed by atoms with Crippen LogP contribution >= 0.6 is 0 Å². The van der Waals surface area contributed by atoms with Crippen LogP contribution in [-0.2, 0) is 4.74 Å². The highest BCUT2D eigenvalue weighted by Crippen LogP contribution is 2.22. The molecule has 5 heteroatoms. The topological polar surface area (TPSA) is 67.4 Å². The van der Waals surface area contributed by atoms with E-state index in [9.17, 15) is 9.59 Å². The molecule has 0 radical (unpaired) electrons. The van der Waals surface area contributed by atoms with Gasteiger partial charge in [0.1, 0.15) is 6.10 Å². The van der Waals surface area contributed by atoms with Crippen LogP contribution in [0.4, 0.5) is 10.5 Å². The Morgan fingerprint density at radius 2 is 1.82 bits per heavy atom. The molecule has 2 aromatic carbocycles. The van der Waals surface area contributed by atoms with E-state index >= 15 is 0 Å². The van der Waals surface area contributed by atoms with Crippen LogP contribution in [0.1, 0.15) is 27.6 Å². The van der Waals surface area contributed by atoms with Gasteiger partial charge in [-0.2, -0.15) is 0 Å². The van der Waals surface area contributed by atoms with Gasteiger partial charge in [-0.3, -0.25) is 4.79 Å². The molecule has 1 aliphatic heterocycles. The van der Waals surface area contributed by atoms with Crippen LogP contribution in [0, 0.1) is 6.92 Å². The lowest BCUT2D eigenvalue weighted by Gasteiger charge is -2.10. The molecule has 1 saturated heterocycles. The largest absolute Gasteiger partial charge is 0.439 e. The van der Waals surface area contributed by atoms with Gasteiger partial charge in [-0.25, -0.2) is 4.79 Å². The predicted molar refractivity (Wildman–Crippen MR) is 82.8 cm³/mol. The molecule has 2 aromatic rings. The average molecular weight is 296 g/mol. The molecule has 1 heterocycles. The quantitative estimate of drug-likeness (QED) is 0.915. The Morgan fingerprint density at radius 3 is 2.41 bits per heavy atom. The van der Waals surface area contributed by atoms with Crippen molar-refractivity contribution in [2.45, 2.75) is 13.0 Å². The third-order valence-corrected chi connectivity index (χ3v) is 3.54. The summed E-state index contributed by atoms with van der Waals surface area (Å²) in [7, 11) is 0. The number of amides is 2. The first-order chi connectivity index (χ1) is 10.6. The van der Waals surface area contributed by atoms with E-state index in [-0.39, 0.29) is 12.0 Å². The normalized spacial score (nSPS) is 16.8. The van der Waals surface area contributed by atoms with Crippen LogP contribution < -0.4 is 10.6 Å². The summed E-state index contributed by atoms with van der Waals surface area (Å²) in [6.07, 6.45) is -0.670. The third kappa shape index (κ3) is 3.09. The maximum Gasteiger partial charge on any atom is 0.407 e. The monoisotopic (exact) mass is 296 g/mol. The zero-order valence-electron chi connectivity index (χ0n) is 12.1. The fourth-order valence-corrected chi connectivity index (χ4v) is 2.26. The molecule has 1 aliphatic rings. The zero-order chi connectivity index (χ0) is 15.5. The van der Waals surface area contributed by atoms with Crippen molar-refractivity contribution in [1.29, 1.82) is 0 Å². The summed E-state index contributed by atoms with van der Waals surface area (Å²) in [5, 5.41) is 5.45. The lowest BCUT2D eigenvalue weighted by Crippen LogP contribution is -2.12. The molecule has 1 fully saturated rings. The molecule has 1 atom stereocenters. The average Bonchev–Trinajstić information content (AvgIpc) is 2.95. The van der Waals surface area contributed by atoms with Gasteiger partial charge in [0, 0.05) is 11.3 Å². The molecule has 0 spiro atoms. The summed E-state index contributed by atoms with van der Waals surface area (Å²) >= 11 is 0. The number of benzene rings is 2. The summed E-state index contributed by atoms with van der Waals surface area (Å²) < 4.78 is 5.11. The molecule has 0 aromatic heterocycles. The van der Waals surface area contributed by atoms with Crippen LogP contribution in [-0.4, -0.2) is 18.5 Å². The molecule has 2 amide bonds. The minimum atomic E-state index is -0.401. The highest BCUT2D eigenvalue weighted by atomic mass is 16.6. The number of ether oxygens (including phenoxy) is 1. The Labute approximate surface area is 128 Å². The number of nitrogens with one attached hydrogen (secondary N) is 2. The van der Waals surface area contributed by atoms with E-state index < -0.39 is 6.09 Å². The molecule has 3 rings (SSSR count). The SMILES string of the molecule is Cc1ccc(C(=O)Nc2ccc(C3CNC(=O)O3)cc2)cc1. The predicted octanol–water partition coefficient (Wildman–Crippen LogP) is 3.03. The Bertz CT molecular complexity index is 693. The smallest absolute Gasteiger partial charge is 0.407 e. The summed E-state index contributed by atoms with van der Waals surface area (Å²) in [4.78, 5) is 23.1. The Balaban J connectivity index is 1.67. The van der Waals surface area contributed by atoms with Crippen LogP contribution in [0.3, 0.4) is 0 Å². The van der Waals surface area contributed by atoms with Crippen molar-refractivity contribution < 1.29 is 14.3 Å². The number of alkyl carbamates (subject to hydrolysis) is 1. The maximum absolute atomic E-state index is 12.1. The van der Waals surface area contributed by atoms with Crippen molar-refractivity contribution in [3.8, 4) is 0 Å². The zero-order valence-corrected chi connectivity index (χ0v) is 12.1. The van der Waals surface area contributed by atoms with E-state index in [1.165, 1.54) is 0 Å². The van der Waals surface area contributed by atoms with Gasteiger partial charge >= 0.3 is 6.09 Å². The molecule has 0 bridgehead atoms. The first-order valence-electron chi connectivity index (χ1n) is 7.04. The van der Waals surface area contributed by atoms with E-state index in [4.69, 9.17) is 4.74 Å². The summed E-state index contributed by atoms with van der Waals surface area (Å²) in [6.45, 7) is 2.44. The van der Waals surface area contributed by atoms with Crippen molar-refractivity contribution >= 4 is 17.7 Å². The molecule has 1 unspecified atom stereocenters. The molecular formula is C17H16N2O3. The fourth-order valence-electron chi connectivity index (χ4n) is 2.26. The molecule has 2 N–H and O–H groups in total. The highest BCUT2D eigenvalue weighted by molar-refractivity contribution is 6.04. The van der Waals surface area contributed by atoms with Crippen molar-refractivity contribution in [1.82, 2.24) is 5.32 Å². The first kappa shape index (κ1) is 14.1. The van der Waals surface area contributed by atoms with E-state index in [0.29, 0.717) is 17.8 Å². The van der Waals surface area contributed by atoms with Gasteiger partial charge < -0.3 is 15.4 Å². The molecule has 112 valence electrons. The van der Waals surface area contributed by atoms with Crippen LogP contribution in [0.2, 0.25) is 0 Å². The van der Waals surface area contributed by atoms with Crippen LogP contribution in [0.5, 0.6) is 0 Å². The Hall–Kier alpha value is -2.82. The molecule has 0 saturated carbocycles. The van der Waals surface area contributed by atoms with Crippen molar-refractivity contribution in [3.05, 3.63) is 65.2 Å². The number of aryl methyl sites for hydroxylation is 1. The van der Waals surface area contributed by atoms with E-state index in [2.05, 4.69) is 10.6 Å². The van der Waals surface area contributed by atoms with E-state index in [1.54, 1.807) is 24.3 Å². The van der Waals surface area contributed by atoms with Crippen molar-refractivity contribution in [2.24, 2.45) is 0 Å². The fraction of sp³-hybridized carbons (Fsp3) is 0.176. The summed E-state index contributed by atoms with van der Waals surface area (Å²) in [5.41, 5.74) is 3.32. The van der Waals surface area contributed by atoms with Gasteiger partial charge in [0.15, 0.2) is 0 Å².